The van der Waals surface area contributed by atoms with E-state index in [1.807, 2.05) is 6.07 Å². The third kappa shape index (κ3) is 5.05. The van der Waals surface area contributed by atoms with Gasteiger partial charge in [0.2, 0.25) is 10.0 Å². The number of nitrogens with zero attached hydrogens (tertiary/aromatic N) is 1. The fraction of sp³-hybridized carbons (Fsp3) is 0.364. The minimum absolute atomic E-state index is 0.0878. The minimum Gasteiger partial charge on any atom is -0.495 e. The standard InChI is InChI=1S/C22H28N4O4S/c1-13(2)26-31(28,29)19-11-14(7-10-18(19)30-6)20(27)23-15-8-9-16-17(12-15)25-21(24-16)22(3,4)5/h7-13,26H,1-6H3,(H,23,27)(H,24,25). The van der Waals surface area contributed by atoms with Crippen LogP contribution in [-0.2, 0) is 15.4 Å². The molecule has 0 aliphatic heterocycles. The van der Waals surface area contributed by atoms with Crippen LogP contribution in [0, 0.1) is 0 Å². The van der Waals surface area contributed by atoms with Crippen molar-refractivity contribution < 1.29 is 17.9 Å². The molecule has 0 saturated carbocycles. The van der Waals surface area contributed by atoms with Gasteiger partial charge >= 0.3 is 0 Å². The summed E-state index contributed by atoms with van der Waals surface area (Å²) in [5, 5.41) is 2.81. The normalized spacial score (nSPS) is 12.4. The Labute approximate surface area is 182 Å². The van der Waals surface area contributed by atoms with Crippen molar-refractivity contribution in [2.24, 2.45) is 0 Å². The van der Waals surface area contributed by atoms with Crippen LogP contribution in [0.5, 0.6) is 5.75 Å². The summed E-state index contributed by atoms with van der Waals surface area (Å²) in [5.41, 5.74) is 2.26. The molecule has 1 amide bonds. The highest BCUT2D eigenvalue weighted by Crippen LogP contribution is 2.27. The van der Waals surface area contributed by atoms with Crippen LogP contribution in [0.25, 0.3) is 11.0 Å². The molecule has 0 spiro atoms. The molecule has 3 rings (SSSR count). The predicted octanol–water partition coefficient (Wildman–Crippen LogP) is 3.81. The molecule has 0 aliphatic carbocycles. The first-order chi connectivity index (χ1) is 14.4. The smallest absolute Gasteiger partial charge is 0.255 e. The predicted molar refractivity (Wildman–Crippen MR) is 121 cm³/mol. The second kappa shape index (κ2) is 8.32. The van der Waals surface area contributed by atoms with Crippen molar-refractivity contribution >= 4 is 32.7 Å². The molecule has 0 unspecified atom stereocenters. The van der Waals surface area contributed by atoms with E-state index < -0.39 is 15.9 Å². The second-order valence-corrected chi connectivity index (χ2v) is 10.3. The number of ether oxygens (including phenoxy) is 1. The van der Waals surface area contributed by atoms with Crippen LogP contribution in [0.3, 0.4) is 0 Å². The van der Waals surface area contributed by atoms with Gasteiger partial charge in [-0.3, -0.25) is 4.79 Å². The summed E-state index contributed by atoms with van der Waals surface area (Å²) in [4.78, 5) is 20.6. The van der Waals surface area contributed by atoms with Crippen molar-refractivity contribution in [1.82, 2.24) is 14.7 Å². The number of imidazole rings is 1. The first kappa shape index (κ1) is 22.8. The number of anilines is 1. The number of H-pyrrole nitrogens is 1. The Hall–Kier alpha value is -2.91. The molecule has 0 bridgehead atoms. The van der Waals surface area contributed by atoms with Crippen molar-refractivity contribution in [2.45, 2.75) is 51.0 Å². The number of methoxy groups -OCH3 is 1. The number of benzene rings is 2. The summed E-state index contributed by atoms with van der Waals surface area (Å²) in [6.45, 7) is 9.64. The molecule has 0 saturated heterocycles. The third-order valence-electron chi connectivity index (χ3n) is 4.56. The zero-order valence-electron chi connectivity index (χ0n) is 18.5. The lowest BCUT2D eigenvalue weighted by atomic mass is 9.96. The minimum atomic E-state index is -3.84. The van der Waals surface area contributed by atoms with E-state index in [4.69, 9.17) is 4.74 Å². The maximum absolute atomic E-state index is 12.8. The number of aromatic amines is 1. The van der Waals surface area contributed by atoms with Gasteiger partial charge in [-0.2, -0.15) is 0 Å². The lowest BCUT2D eigenvalue weighted by molar-refractivity contribution is 0.102. The highest BCUT2D eigenvalue weighted by atomic mass is 32.2. The van der Waals surface area contributed by atoms with Crippen molar-refractivity contribution in [2.75, 3.05) is 12.4 Å². The first-order valence-electron chi connectivity index (χ1n) is 9.92. The second-order valence-electron chi connectivity index (χ2n) is 8.66. The van der Waals surface area contributed by atoms with Crippen LogP contribution in [0.4, 0.5) is 5.69 Å². The number of hydrogen-bond acceptors (Lipinski definition) is 5. The Morgan fingerprint density at radius 3 is 2.45 bits per heavy atom. The number of aromatic nitrogens is 2. The van der Waals surface area contributed by atoms with Gasteiger partial charge in [-0.25, -0.2) is 18.1 Å². The van der Waals surface area contributed by atoms with E-state index in [-0.39, 0.29) is 27.7 Å². The highest BCUT2D eigenvalue weighted by molar-refractivity contribution is 7.89. The molecule has 3 aromatic rings. The van der Waals surface area contributed by atoms with E-state index >= 15 is 0 Å². The Bertz CT molecular complexity index is 1220. The number of hydrogen-bond donors (Lipinski definition) is 3. The number of carbonyl (C=O) groups is 1. The summed E-state index contributed by atoms with van der Waals surface area (Å²) < 4.78 is 33.0. The summed E-state index contributed by atoms with van der Waals surface area (Å²) in [7, 11) is -2.46. The molecule has 0 atom stereocenters. The molecule has 3 N–H and O–H groups in total. The maximum atomic E-state index is 12.8. The molecule has 0 radical (unpaired) electrons. The number of fused-ring (bicyclic) bond motifs is 1. The Morgan fingerprint density at radius 1 is 1.13 bits per heavy atom. The average Bonchev–Trinajstić information content (AvgIpc) is 3.10. The molecule has 166 valence electrons. The van der Waals surface area contributed by atoms with E-state index in [0.717, 1.165) is 16.9 Å². The van der Waals surface area contributed by atoms with E-state index in [1.165, 1.54) is 25.3 Å². The van der Waals surface area contributed by atoms with Gasteiger partial charge in [-0.1, -0.05) is 20.8 Å². The highest BCUT2D eigenvalue weighted by Gasteiger charge is 2.23. The average molecular weight is 445 g/mol. The van der Waals surface area contributed by atoms with Crippen molar-refractivity contribution in [3.63, 3.8) is 0 Å². The van der Waals surface area contributed by atoms with Crippen LogP contribution in [0.15, 0.2) is 41.3 Å². The van der Waals surface area contributed by atoms with Gasteiger partial charge in [0.15, 0.2) is 0 Å². The molecule has 0 fully saturated rings. The van der Waals surface area contributed by atoms with Gasteiger partial charge < -0.3 is 15.0 Å². The van der Waals surface area contributed by atoms with Gasteiger partial charge in [-0.05, 0) is 50.2 Å². The fourth-order valence-corrected chi connectivity index (χ4v) is 4.49. The summed E-state index contributed by atoms with van der Waals surface area (Å²) in [6, 6.07) is 9.39. The van der Waals surface area contributed by atoms with Crippen LogP contribution in [0.1, 0.15) is 50.8 Å². The van der Waals surface area contributed by atoms with E-state index in [2.05, 4.69) is 40.8 Å². The summed E-state index contributed by atoms with van der Waals surface area (Å²) in [6.07, 6.45) is 0. The molecule has 9 heteroatoms. The first-order valence-corrected chi connectivity index (χ1v) is 11.4. The zero-order chi connectivity index (χ0) is 23.0. The van der Waals surface area contributed by atoms with E-state index in [1.54, 1.807) is 26.0 Å². The molecule has 2 aromatic carbocycles. The van der Waals surface area contributed by atoms with Gasteiger partial charge in [0, 0.05) is 22.7 Å². The topological polar surface area (TPSA) is 113 Å². The third-order valence-corrected chi connectivity index (χ3v) is 6.24. The van der Waals surface area contributed by atoms with Crippen LogP contribution < -0.4 is 14.8 Å². The monoisotopic (exact) mass is 444 g/mol. The molecule has 1 aromatic heterocycles. The Kier molecular flexibility index (Phi) is 6.11. The SMILES string of the molecule is COc1ccc(C(=O)Nc2ccc3nc(C(C)(C)C)[nH]c3c2)cc1S(=O)(=O)NC(C)C. The Morgan fingerprint density at radius 2 is 1.84 bits per heavy atom. The number of sulfonamides is 1. The number of nitrogens with one attached hydrogen (secondary N) is 3. The van der Waals surface area contributed by atoms with Crippen molar-refractivity contribution in [3.05, 3.63) is 47.8 Å². The molecule has 0 aliphatic rings. The summed E-state index contributed by atoms with van der Waals surface area (Å²) >= 11 is 0. The fourth-order valence-electron chi connectivity index (χ4n) is 3.05. The van der Waals surface area contributed by atoms with E-state index in [0.29, 0.717) is 5.69 Å². The van der Waals surface area contributed by atoms with Crippen LogP contribution in [-0.4, -0.2) is 37.4 Å². The lowest BCUT2D eigenvalue weighted by Gasteiger charge is -2.14. The van der Waals surface area contributed by atoms with Gasteiger partial charge in [-0.15, -0.1) is 0 Å². The summed E-state index contributed by atoms with van der Waals surface area (Å²) in [5.74, 6) is 0.588. The van der Waals surface area contributed by atoms with Gasteiger partial charge in [0.05, 0.1) is 18.1 Å². The van der Waals surface area contributed by atoms with Gasteiger partial charge in [0.25, 0.3) is 5.91 Å². The molecular formula is C22H28N4O4S. The molecule has 1 heterocycles. The van der Waals surface area contributed by atoms with E-state index in [9.17, 15) is 13.2 Å². The quantitative estimate of drug-likeness (QED) is 0.535. The zero-order valence-corrected chi connectivity index (χ0v) is 19.3. The van der Waals surface area contributed by atoms with Crippen molar-refractivity contribution in [3.8, 4) is 5.75 Å². The van der Waals surface area contributed by atoms with Crippen LogP contribution in [0.2, 0.25) is 0 Å². The molecule has 8 nitrogen and oxygen atoms in total. The van der Waals surface area contributed by atoms with Crippen molar-refractivity contribution in [1.29, 1.82) is 0 Å². The maximum Gasteiger partial charge on any atom is 0.255 e. The largest absolute Gasteiger partial charge is 0.495 e. The van der Waals surface area contributed by atoms with Crippen LogP contribution >= 0.6 is 0 Å². The molecule has 31 heavy (non-hydrogen) atoms. The molecular weight excluding hydrogens is 416 g/mol. The van der Waals surface area contributed by atoms with Gasteiger partial charge in [0.1, 0.15) is 16.5 Å². The number of amides is 1. The lowest BCUT2D eigenvalue weighted by Crippen LogP contribution is -2.30. The Balaban J connectivity index is 1.90. The number of carbonyl (C=O) groups excluding carboxylic acids is 1. The number of rotatable bonds is 6.